The van der Waals surface area contributed by atoms with Crippen molar-refractivity contribution in [2.75, 3.05) is 0 Å². The maximum Gasteiger partial charge on any atom is 0.243 e. The highest BCUT2D eigenvalue weighted by Gasteiger charge is 1.97. The number of aromatic nitrogens is 2. The minimum atomic E-state index is 1.02. The van der Waals surface area contributed by atoms with E-state index in [2.05, 4.69) is 24.0 Å². The van der Waals surface area contributed by atoms with Gasteiger partial charge in [0, 0.05) is 6.42 Å². The maximum atomic E-state index is 3.79. The van der Waals surface area contributed by atoms with Crippen LogP contribution in [0.3, 0.4) is 0 Å². The number of imidazole rings is 1. The fraction of sp³-hybridized carbons (Fsp3) is 0.500. The second kappa shape index (κ2) is 3.30. The van der Waals surface area contributed by atoms with Crippen LogP contribution in [0.2, 0.25) is 0 Å². The lowest BCUT2D eigenvalue weighted by molar-refractivity contribution is -0.671. The molecule has 0 saturated carbocycles. The van der Waals surface area contributed by atoms with E-state index in [9.17, 15) is 0 Å². The third-order valence-corrected chi connectivity index (χ3v) is 1.49. The van der Waals surface area contributed by atoms with Gasteiger partial charge in [0.05, 0.1) is 26.9 Å². The van der Waals surface area contributed by atoms with Crippen LogP contribution in [0.4, 0.5) is 0 Å². The molecule has 0 unspecified atom stereocenters. The molecule has 1 aromatic rings. The van der Waals surface area contributed by atoms with Crippen LogP contribution in [0, 0.1) is 6.92 Å². The molecule has 0 fully saturated rings. The monoisotopic (exact) mass is 138 g/mol. The molecule has 0 aromatic carbocycles. The molecule has 54 valence electrons. The first-order chi connectivity index (χ1) is 4.83. The Balaban J connectivity index is 2.42. The summed E-state index contributed by atoms with van der Waals surface area (Å²) in [7, 11) is 2.03. The first-order valence-corrected chi connectivity index (χ1v) is 3.63. The number of aryl methyl sites for hydroxylation is 2. The Hall–Kier alpha value is -0.920. The molecule has 10 heavy (non-hydrogen) atoms. The predicted octanol–water partition coefficient (Wildman–Crippen LogP) is 0.927. The van der Waals surface area contributed by atoms with Gasteiger partial charge in [-0.1, -0.05) is 0 Å². The molecule has 1 aromatic heterocycles. The van der Waals surface area contributed by atoms with Crippen molar-refractivity contribution in [1.82, 2.24) is 4.57 Å². The lowest BCUT2D eigenvalue weighted by Gasteiger charge is -1.88. The van der Waals surface area contributed by atoms with Gasteiger partial charge in [-0.15, -0.1) is 0 Å². The largest absolute Gasteiger partial charge is 0.243 e. The van der Waals surface area contributed by atoms with Crippen molar-refractivity contribution in [1.29, 1.82) is 0 Å². The summed E-state index contributed by atoms with van der Waals surface area (Å²) in [6.07, 6.45) is 8.38. The molecule has 0 spiro atoms. The Morgan fingerprint density at radius 2 is 2.40 bits per heavy atom. The average molecular weight is 138 g/mol. The van der Waals surface area contributed by atoms with Gasteiger partial charge in [-0.25, -0.2) is 9.13 Å². The molecule has 0 aliphatic carbocycles. The minimum Gasteiger partial charge on any atom is -0.240 e. The second-order valence-corrected chi connectivity index (χ2v) is 2.52. The van der Waals surface area contributed by atoms with Crippen molar-refractivity contribution in [3.63, 3.8) is 0 Å². The van der Waals surface area contributed by atoms with E-state index in [1.54, 1.807) is 0 Å². The Bertz CT molecular complexity index is 191. The first kappa shape index (κ1) is 7.19. The zero-order valence-corrected chi connectivity index (χ0v) is 6.45. The number of rotatable bonds is 3. The molecule has 0 aliphatic heterocycles. The predicted molar refractivity (Wildman–Crippen MR) is 40.2 cm³/mol. The highest BCUT2D eigenvalue weighted by atomic mass is 15.1. The molecule has 0 amide bonds. The first-order valence-electron chi connectivity index (χ1n) is 3.63. The van der Waals surface area contributed by atoms with Gasteiger partial charge in [-0.05, 0) is 0 Å². The fourth-order valence-electron chi connectivity index (χ4n) is 0.928. The van der Waals surface area contributed by atoms with Crippen LogP contribution in [-0.4, -0.2) is 4.57 Å². The molecular formula is C8H14N2+2. The van der Waals surface area contributed by atoms with Crippen molar-refractivity contribution < 1.29 is 4.57 Å². The zero-order chi connectivity index (χ0) is 7.40. The van der Waals surface area contributed by atoms with Gasteiger partial charge in [0.1, 0.15) is 12.4 Å². The van der Waals surface area contributed by atoms with Crippen molar-refractivity contribution in [2.45, 2.75) is 19.4 Å². The van der Waals surface area contributed by atoms with E-state index >= 15 is 0 Å². The molecule has 0 aliphatic rings. The molecule has 0 N–H and O–H groups in total. The molecule has 0 atom stereocenters. The van der Waals surface area contributed by atoms with E-state index < -0.39 is 0 Å². The summed E-state index contributed by atoms with van der Waals surface area (Å²) in [6, 6.07) is 0. The van der Waals surface area contributed by atoms with Crippen LogP contribution in [0.25, 0.3) is 0 Å². The summed E-state index contributed by atoms with van der Waals surface area (Å²) in [4.78, 5) is 0. The van der Waals surface area contributed by atoms with Crippen LogP contribution in [0.5, 0.6) is 0 Å². The number of nitrogens with zero attached hydrogens (tertiary/aromatic N) is 2. The summed E-state index contributed by atoms with van der Waals surface area (Å²) in [5.41, 5.74) is 0. The fourth-order valence-corrected chi connectivity index (χ4v) is 0.928. The van der Waals surface area contributed by atoms with Gasteiger partial charge in [0.2, 0.25) is 6.33 Å². The Morgan fingerprint density at radius 1 is 1.60 bits per heavy atom. The Morgan fingerprint density at radius 3 is 2.90 bits per heavy atom. The van der Waals surface area contributed by atoms with Crippen LogP contribution in [-0.2, 0) is 13.6 Å². The highest BCUT2D eigenvalue weighted by Crippen LogP contribution is 1.91. The smallest absolute Gasteiger partial charge is 0.240 e. The Kier molecular flexibility index (Phi) is 2.37. The topological polar surface area (TPSA) is 8.81 Å². The molecule has 1 heterocycles. The molecule has 2 heteroatoms. The molecule has 0 radical (unpaired) electrons. The lowest BCUT2D eigenvalue weighted by atomic mass is 10.3. The zero-order valence-electron chi connectivity index (χ0n) is 6.45. The lowest BCUT2D eigenvalue weighted by Crippen LogP contribution is -2.23. The normalized spacial score (nSPS) is 10.1. The van der Waals surface area contributed by atoms with E-state index in [0.29, 0.717) is 0 Å². The van der Waals surface area contributed by atoms with E-state index in [1.165, 1.54) is 0 Å². The van der Waals surface area contributed by atoms with Gasteiger partial charge >= 0.3 is 0 Å². The van der Waals surface area contributed by atoms with E-state index in [0.717, 1.165) is 19.4 Å². The third kappa shape index (κ3) is 1.79. The van der Waals surface area contributed by atoms with Gasteiger partial charge in [0.15, 0.2) is 0 Å². The van der Waals surface area contributed by atoms with Gasteiger partial charge in [-0.2, -0.15) is 0 Å². The Labute approximate surface area is 62.1 Å². The molecule has 0 bridgehead atoms. The quantitative estimate of drug-likeness (QED) is 0.434. The van der Waals surface area contributed by atoms with Crippen molar-refractivity contribution in [3.05, 3.63) is 25.6 Å². The summed E-state index contributed by atoms with van der Waals surface area (Å²) in [5, 5.41) is 0. The van der Waals surface area contributed by atoms with Gasteiger partial charge < -0.3 is 0 Å². The molecule has 2 nitrogen and oxygen atoms in total. The van der Waals surface area contributed by atoms with Crippen LogP contribution in [0.15, 0.2) is 18.7 Å². The minimum absolute atomic E-state index is 1.02. The second-order valence-electron chi connectivity index (χ2n) is 2.52. The molecule has 1 rings (SSSR count). The standard InChI is InChI=1S/C8H14N2/c1-3-4-5-10-7-6-9(2)8-10/h6-8H,1,3-5H2,2H3/q+2. The number of hydrogen-bond donors (Lipinski definition) is 0. The summed E-state index contributed by atoms with van der Waals surface area (Å²) < 4.78 is 4.22. The maximum absolute atomic E-state index is 3.79. The van der Waals surface area contributed by atoms with Crippen molar-refractivity contribution in [3.8, 4) is 0 Å². The van der Waals surface area contributed by atoms with Crippen LogP contribution < -0.4 is 4.57 Å². The molecule has 0 saturated heterocycles. The summed E-state index contributed by atoms with van der Waals surface area (Å²) >= 11 is 0. The van der Waals surface area contributed by atoms with E-state index in [4.69, 9.17) is 0 Å². The van der Waals surface area contributed by atoms with E-state index in [-0.39, 0.29) is 0 Å². The number of hydrogen-bond acceptors (Lipinski definition) is 0. The number of unbranched alkanes of at least 4 members (excludes halogenated alkanes) is 1. The van der Waals surface area contributed by atoms with Crippen molar-refractivity contribution in [2.24, 2.45) is 7.05 Å². The van der Waals surface area contributed by atoms with Gasteiger partial charge in [-0.3, -0.25) is 0 Å². The third-order valence-electron chi connectivity index (χ3n) is 1.49. The SMILES string of the molecule is [CH2+]CCCn1cc[n+](C)c1. The van der Waals surface area contributed by atoms with Crippen molar-refractivity contribution >= 4 is 0 Å². The van der Waals surface area contributed by atoms with Crippen LogP contribution in [0.1, 0.15) is 12.8 Å². The van der Waals surface area contributed by atoms with E-state index in [1.807, 2.05) is 17.8 Å². The summed E-state index contributed by atoms with van der Waals surface area (Å²) in [5.74, 6) is 0. The average Bonchev–Trinajstić information content (AvgIpc) is 2.31. The van der Waals surface area contributed by atoms with Crippen LogP contribution >= 0.6 is 0 Å². The van der Waals surface area contributed by atoms with Gasteiger partial charge in [0.25, 0.3) is 0 Å². The summed E-state index contributed by atoms with van der Waals surface area (Å²) in [6.45, 7) is 4.88. The highest BCUT2D eigenvalue weighted by molar-refractivity contribution is 4.65. The molecular weight excluding hydrogens is 124 g/mol.